The van der Waals surface area contributed by atoms with E-state index >= 15 is 0 Å². The lowest BCUT2D eigenvalue weighted by Gasteiger charge is -2.05. The first-order chi connectivity index (χ1) is 8.83. The van der Waals surface area contributed by atoms with Crippen LogP contribution in [0, 0.1) is 0 Å². The van der Waals surface area contributed by atoms with Crippen molar-refractivity contribution >= 4 is 39.0 Å². The first-order valence-electron chi connectivity index (χ1n) is 5.46. The van der Waals surface area contributed by atoms with Gasteiger partial charge in [-0.15, -0.1) is 11.3 Å². The molecule has 0 fully saturated rings. The van der Waals surface area contributed by atoms with Gasteiger partial charge in [-0.2, -0.15) is 0 Å². The maximum absolute atomic E-state index is 5.89. The minimum atomic E-state index is 0.269. The van der Waals surface area contributed by atoms with E-state index in [1.54, 1.807) is 17.5 Å². The van der Waals surface area contributed by atoms with Crippen LogP contribution in [0.15, 0.2) is 23.8 Å². The summed E-state index contributed by atoms with van der Waals surface area (Å²) in [5.41, 5.74) is 0. The van der Waals surface area contributed by atoms with Gasteiger partial charge < -0.3 is 10.3 Å². The van der Waals surface area contributed by atoms with Crippen molar-refractivity contribution in [2.45, 2.75) is 6.42 Å². The average Bonchev–Trinajstić information content (AvgIpc) is 2.98. The summed E-state index contributed by atoms with van der Waals surface area (Å²) < 4.78 is 0. The van der Waals surface area contributed by atoms with Crippen LogP contribution in [0.2, 0.25) is 5.28 Å². The molecule has 0 aromatic carbocycles. The van der Waals surface area contributed by atoms with E-state index < -0.39 is 0 Å². The number of nitrogens with one attached hydrogen (secondary N) is 2. The van der Waals surface area contributed by atoms with Crippen LogP contribution in [-0.4, -0.2) is 26.5 Å². The van der Waals surface area contributed by atoms with Crippen molar-refractivity contribution < 1.29 is 0 Å². The fourth-order valence-corrected chi connectivity index (χ4v) is 2.68. The number of nitrogens with zero attached hydrogens (tertiary/aromatic N) is 3. The zero-order chi connectivity index (χ0) is 12.4. The highest BCUT2D eigenvalue weighted by molar-refractivity contribution is 7.16. The number of H-pyrrole nitrogens is 1. The maximum atomic E-state index is 5.89. The van der Waals surface area contributed by atoms with Crippen LogP contribution >= 0.6 is 22.9 Å². The molecule has 0 radical (unpaired) electrons. The van der Waals surface area contributed by atoms with E-state index in [4.69, 9.17) is 11.6 Å². The summed E-state index contributed by atoms with van der Waals surface area (Å²) >= 11 is 7.44. The number of hydrogen-bond donors (Lipinski definition) is 2. The molecule has 0 aliphatic heterocycles. The van der Waals surface area contributed by atoms with Crippen molar-refractivity contribution in [3.63, 3.8) is 0 Å². The average molecular weight is 280 g/mol. The van der Waals surface area contributed by atoms with Gasteiger partial charge in [0.05, 0.1) is 5.39 Å². The Balaban J connectivity index is 1.75. The molecular weight excluding hydrogens is 270 g/mol. The van der Waals surface area contributed by atoms with Crippen LogP contribution in [0.25, 0.3) is 10.2 Å². The first-order valence-corrected chi connectivity index (χ1v) is 6.71. The third-order valence-electron chi connectivity index (χ3n) is 2.51. The molecule has 0 spiro atoms. The summed E-state index contributed by atoms with van der Waals surface area (Å²) in [6, 6.07) is 1.99. The number of thiophene rings is 1. The Kier molecular flexibility index (Phi) is 3.12. The summed E-state index contributed by atoms with van der Waals surface area (Å²) in [6.45, 7) is 0.742. The highest BCUT2D eigenvalue weighted by atomic mass is 35.5. The Morgan fingerprint density at radius 1 is 1.39 bits per heavy atom. The third kappa shape index (κ3) is 2.30. The molecule has 0 saturated heterocycles. The molecule has 0 aliphatic carbocycles. The molecular formula is C11H10ClN5S. The Labute approximate surface area is 112 Å². The number of fused-ring (bicyclic) bond motifs is 1. The highest BCUT2D eigenvalue weighted by Gasteiger charge is 2.07. The molecule has 0 atom stereocenters. The molecule has 92 valence electrons. The van der Waals surface area contributed by atoms with Gasteiger partial charge in [-0.25, -0.2) is 15.0 Å². The molecule has 0 bridgehead atoms. The SMILES string of the molecule is Clc1nc(NCCc2ncc[nH]2)c2ccsc2n1. The first kappa shape index (κ1) is 11.4. The topological polar surface area (TPSA) is 66.5 Å². The molecule has 3 heterocycles. The summed E-state index contributed by atoms with van der Waals surface area (Å²) in [6.07, 6.45) is 4.36. The van der Waals surface area contributed by atoms with Crippen LogP contribution in [0.3, 0.4) is 0 Å². The number of aromatic nitrogens is 4. The zero-order valence-corrected chi connectivity index (χ0v) is 10.9. The zero-order valence-electron chi connectivity index (χ0n) is 9.35. The van der Waals surface area contributed by atoms with Crippen LogP contribution < -0.4 is 5.32 Å². The number of anilines is 1. The van der Waals surface area contributed by atoms with Crippen LogP contribution in [0.1, 0.15) is 5.82 Å². The predicted octanol–water partition coefficient (Wildman–Crippen LogP) is 2.72. The van der Waals surface area contributed by atoms with Crippen molar-refractivity contribution in [2.75, 3.05) is 11.9 Å². The molecule has 5 nitrogen and oxygen atoms in total. The second-order valence-electron chi connectivity index (χ2n) is 3.69. The van der Waals surface area contributed by atoms with Crippen molar-refractivity contribution in [3.8, 4) is 0 Å². The van der Waals surface area contributed by atoms with Gasteiger partial charge in [0.1, 0.15) is 16.5 Å². The highest BCUT2D eigenvalue weighted by Crippen LogP contribution is 2.26. The van der Waals surface area contributed by atoms with E-state index in [-0.39, 0.29) is 5.28 Å². The fraction of sp³-hybridized carbons (Fsp3) is 0.182. The Morgan fingerprint density at radius 3 is 3.17 bits per heavy atom. The lowest BCUT2D eigenvalue weighted by molar-refractivity contribution is 0.922. The number of rotatable bonds is 4. The van der Waals surface area contributed by atoms with Crippen LogP contribution in [-0.2, 0) is 6.42 Å². The molecule has 3 rings (SSSR count). The minimum Gasteiger partial charge on any atom is -0.369 e. The van der Waals surface area contributed by atoms with E-state index in [1.807, 2.05) is 17.6 Å². The second-order valence-corrected chi connectivity index (χ2v) is 4.93. The molecule has 7 heteroatoms. The van der Waals surface area contributed by atoms with E-state index in [0.717, 1.165) is 34.8 Å². The van der Waals surface area contributed by atoms with Crippen LogP contribution in [0.5, 0.6) is 0 Å². The molecule has 0 amide bonds. The van der Waals surface area contributed by atoms with Gasteiger partial charge in [-0.05, 0) is 23.0 Å². The van der Waals surface area contributed by atoms with Crippen LogP contribution in [0.4, 0.5) is 5.82 Å². The Morgan fingerprint density at radius 2 is 2.33 bits per heavy atom. The molecule has 0 aliphatic rings. The molecule has 18 heavy (non-hydrogen) atoms. The van der Waals surface area contributed by atoms with Gasteiger partial charge in [0.15, 0.2) is 0 Å². The third-order valence-corrected chi connectivity index (χ3v) is 3.48. The maximum Gasteiger partial charge on any atom is 0.225 e. The lowest BCUT2D eigenvalue weighted by Crippen LogP contribution is -2.07. The quantitative estimate of drug-likeness (QED) is 0.721. The van der Waals surface area contributed by atoms with E-state index in [0.29, 0.717) is 0 Å². The van der Waals surface area contributed by atoms with Crippen molar-refractivity contribution in [2.24, 2.45) is 0 Å². The number of hydrogen-bond acceptors (Lipinski definition) is 5. The van der Waals surface area contributed by atoms with E-state index in [9.17, 15) is 0 Å². The minimum absolute atomic E-state index is 0.269. The molecule has 0 saturated carbocycles. The van der Waals surface area contributed by atoms with Gasteiger partial charge in [0, 0.05) is 25.4 Å². The largest absolute Gasteiger partial charge is 0.369 e. The predicted molar refractivity (Wildman–Crippen MR) is 73.2 cm³/mol. The number of halogens is 1. The summed E-state index contributed by atoms with van der Waals surface area (Å²) in [4.78, 5) is 16.5. The van der Waals surface area contributed by atoms with Gasteiger partial charge in [-0.1, -0.05) is 0 Å². The Bertz CT molecular complexity index is 649. The summed E-state index contributed by atoms with van der Waals surface area (Å²) in [5.74, 6) is 1.72. The standard InChI is InChI=1S/C11H10ClN5S/c12-11-16-9(7-2-6-18-10(7)17-11)15-3-1-8-13-4-5-14-8/h2,4-6H,1,3H2,(H,13,14)(H,15,16,17). The summed E-state index contributed by atoms with van der Waals surface area (Å²) in [5, 5.41) is 6.52. The fourth-order valence-electron chi connectivity index (χ4n) is 1.70. The Hall–Kier alpha value is -1.66. The monoisotopic (exact) mass is 279 g/mol. The van der Waals surface area contributed by atoms with Crippen molar-refractivity contribution in [1.82, 2.24) is 19.9 Å². The normalized spacial score (nSPS) is 10.9. The van der Waals surface area contributed by atoms with E-state index in [1.165, 1.54) is 0 Å². The van der Waals surface area contributed by atoms with Crippen molar-refractivity contribution in [3.05, 3.63) is 34.9 Å². The lowest BCUT2D eigenvalue weighted by atomic mass is 10.3. The smallest absolute Gasteiger partial charge is 0.225 e. The molecule has 3 aromatic rings. The molecule has 3 aromatic heterocycles. The van der Waals surface area contributed by atoms with Gasteiger partial charge in [0.25, 0.3) is 0 Å². The number of imidazole rings is 1. The second kappa shape index (κ2) is 4.91. The van der Waals surface area contributed by atoms with E-state index in [2.05, 4.69) is 25.3 Å². The van der Waals surface area contributed by atoms with Gasteiger partial charge in [0.2, 0.25) is 5.28 Å². The molecule has 0 unspecified atom stereocenters. The van der Waals surface area contributed by atoms with Gasteiger partial charge >= 0.3 is 0 Å². The molecule has 2 N–H and O–H groups in total. The van der Waals surface area contributed by atoms with Gasteiger partial charge in [-0.3, -0.25) is 0 Å². The van der Waals surface area contributed by atoms with Crippen molar-refractivity contribution in [1.29, 1.82) is 0 Å². The number of aromatic amines is 1. The summed E-state index contributed by atoms with van der Waals surface area (Å²) in [7, 11) is 0.